The highest BCUT2D eigenvalue weighted by atomic mass is 35.5. The molecule has 1 aliphatic rings. The molecule has 0 aromatic heterocycles. The molecule has 1 aliphatic heterocycles. The highest BCUT2D eigenvalue weighted by Gasteiger charge is 2.22. The summed E-state index contributed by atoms with van der Waals surface area (Å²) >= 11 is 12.4. The van der Waals surface area contributed by atoms with Crippen molar-refractivity contribution >= 4 is 51.9 Å². The van der Waals surface area contributed by atoms with Crippen LogP contribution in [0.4, 0.5) is 0 Å². The van der Waals surface area contributed by atoms with Gasteiger partial charge in [0, 0.05) is 16.5 Å². The second kappa shape index (κ2) is 9.26. The summed E-state index contributed by atoms with van der Waals surface area (Å²) in [7, 11) is 0. The molecule has 2 aromatic rings. The van der Waals surface area contributed by atoms with Crippen LogP contribution in [-0.4, -0.2) is 23.4 Å². The summed E-state index contributed by atoms with van der Waals surface area (Å²) < 4.78 is 12.2. The SMILES string of the molecule is CC(COc1ccccc1)COc1ccc(Cl)cc1/C=C1\SC(=S)NC1=O. The van der Waals surface area contributed by atoms with Gasteiger partial charge in [-0.3, -0.25) is 4.79 Å². The molecule has 0 spiro atoms. The number of rotatable bonds is 7. The Bertz CT molecular complexity index is 871. The molecule has 27 heavy (non-hydrogen) atoms. The van der Waals surface area contributed by atoms with Gasteiger partial charge in [0.25, 0.3) is 5.91 Å². The zero-order chi connectivity index (χ0) is 19.2. The minimum Gasteiger partial charge on any atom is -0.493 e. The second-order valence-electron chi connectivity index (χ2n) is 6.07. The first-order chi connectivity index (χ1) is 13.0. The Morgan fingerprint density at radius 3 is 2.63 bits per heavy atom. The van der Waals surface area contributed by atoms with Gasteiger partial charge in [0.2, 0.25) is 0 Å². The maximum Gasteiger partial charge on any atom is 0.263 e. The summed E-state index contributed by atoms with van der Waals surface area (Å²) in [5, 5.41) is 3.17. The van der Waals surface area contributed by atoms with Crippen molar-refractivity contribution in [2.24, 2.45) is 5.92 Å². The molecule has 4 nitrogen and oxygen atoms in total. The fourth-order valence-electron chi connectivity index (χ4n) is 2.36. The van der Waals surface area contributed by atoms with E-state index in [1.54, 1.807) is 24.3 Å². The lowest BCUT2D eigenvalue weighted by molar-refractivity contribution is -0.115. The van der Waals surface area contributed by atoms with E-state index in [4.69, 9.17) is 33.3 Å². The molecule has 1 amide bonds. The van der Waals surface area contributed by atoms with E-state index >= 15 is 0 Å². The number of amides is 1. The molecule has 7 heteroatoms. The van der Waals surface area contributed by atoms with Crippen molar-refractivity contribution in [3.05, 3.63) is 64.0 Å². The molecule has 1 unspecified atom stereocenters. The minimum absolute atomic E-state index is 0.179. The van der Waals surface area contributed by atoms with Crippen molar-refractivity contribution in [1.29, 1.82) is 0 Å². The zero-order valence-electron chi connectivity index (χ0n) is 14.6. The number of hydrogen-bond acceptors (Lipinski definition) is 5. The number of benzene rings is 2. The topological polar surface area (TPSA) is 47.6 Å². The van der Waals surface area contributed by atoms with Crippen LogP contribution in [0, 0.1) is 5.92 Å². The molecule has 1 fully saturated rings. The van der Waals surface area contributed by atoms with E-state index in [0.717, 1.165) is 11.3 Å². The summed E-state index contributed by atoms with van der Waals surface area (Å²) in [5.41, 5.74) is 0.737. The summed E-state index contributed by atoms with van der Waals surface area (Å²) in [4.78, 5) is 12.4. The third-order valence-corrected chi connectivity index (χ3v) is 5.10. The number of hydrogen-bond donors (Lipinski definition) is 1. The average molecular weight is 420 g/mol. The lowest BCUT2D eigenvalue weighted by Crippen LogP contribution is -2.18. The predicted octanol–water partition coefficient (Wildman–Crippen LogP) is 4.92. The van der Waals surface area contributed by atoms with Crippen molar-refractivity contribution in [3.63, 3.8) is 0 Å². The number of carbonyl (C=O) groups excluding carboxylic acids is 1. The Kier molecular flexibility index (Phi) is 6.77. The molecule has 2 aromatic carbocycles. The van der Waals surface area contributed by atoms with Crippen molar-refractivity contribution in [2.75, 3.05) is 13.2 Å². The molecule has 1 atom stereocenters. The fraction of sp³-hybridized carbons (Fsp3) is 0.200. The van der Waals surface area contributed by atoms with Gasteiger partial charge in [0.15, 0.2) is 0 Å². The van der Waals surface area contributed by atoms with Crippen LogP contribution in [0.1, 0.15) is 12.5 Å². The van der Waals surface area contributed by atoms with Gasteiger partial charge in [-0.1, -0.05) is 60.7 Å². The number of carbonyl (C=O) groups is 1. The normalized spacial score (nSPS) is 16.3. The molecule has 0 aliphatic carbocycles. The van der Waals surface area contributed by atoms with E-state index in [-0.39, 0.29) is 11.8 Å². The predicted molar refractivity (Wildman–Crippen MR) is 114 cm³/mol. The number of thiocarbonyl (C=S) groups is 1. The van der Waals surface area contributed by atoms with E-state index in [2.05, 4.69) is 12.2 Å². The minimum atomic E-state index is -0.208. The Morgan fingerprint density at radius 2 is 1.93 bits per heavy atom. The van der Waals surface area contributed by atoms with E-state index in [1.165, 1.54) is 11.8 Å². The molecule has 0 saturated carbocycles. The Balaban J connectivity index is 1.64. The van der Waals surface area contributed by atoms with E-state index in [0.29, 0.717) is 33.2 Å². The van der Waals surface area contributed by atoms with Gasteiger partial charge in [-0.25, -0.2) is 0 Å². The first-order valence-corrected chi connectivity index (χ1v) is 9.96. The fourth-order valence-corrected chi connectivity index (χ4v) is 3.58. The smallest absolute Gasteiger partial charge is 0.263 e. The van der Waals surface area contributed by atoms with Crippen LogP contribution in [0.5, 0.6) is 11.5 Å². The van der Waals surface area contributed by atoms with Gasteiger partial charge in [-0.2, -0.15) is 0 Å². The van der Waals surface area contributed by atoms with E-state index in [1.807, 2.05) is 30.3 Å². The Labute approximate surface area is 172 Å². The lowest BCUT2D eigenvalue weighted by Gasteiger charge is -2.16. The summed E-state index contributed by atoms with van der Waals surface area (Å²) in [6, 6.07) is 15.0. The van der Waals surface area contributed by atoms with Crippen LogP contribution >= 0.6 is 35.6 Å². The number of thioether (sulfide) groups is 1. The number of para-hydroxylation sites is 1. The summed E-state index contributed by atoms with van der Waals surface area (Å²) in [5.74, 6) is 1.46. The molecule has 0 bridgehead atoms. The van der Waals surface area contributed by atoms with Gasteiger partial charge in [-0.15, -0.1) is 0 Å². The average Bonchev–Trinajstić information content (AvgIpc) is 2.97. The van der Waals surface area contributed by atoms with Crippen LogP contribution in [0.3, 0.4) is 0 Å². The van der Waals surface area contributed by atoms with Gasteiger partial charge in [-0.05, 0) is 36.4 Å². The van der Waals surface area contributed by atoms with E-state index < -0.39 is 0 Å². The Morgan fingerprint density at radius 1 is 1.19 bits per heavy atom. The third kappa shape index (κ3) is 5.73. The van der Waals surface area contributed by atoms with Crippen LogP contribution < -0.4 is 14.8 Å². The standard InChI is InChI=1S/C20H18ClNO3S2/c1-13(11-24-16-5-3-2-4-6-16)12-25-17-8-7-15(21)9-14(17)10-18-19(23)22-20(26)27-18/h2-10,13H,11-12H2,1H3,(H,22,23,26)/b18-10-. The largest absolute Gasteiger partial charge is 0.493 e. The molecular weight excluding hydrogens is 402 g/mol. The Hall–Kier alpha value is -2.02. The zero-order valence-corrected chi connectivity index (χ0v) is 17.0. The summed E-state index contributed by atoms with van der Waals surface area (Å²) in [6.07, 6.45) is 1.74. The van der Waals surface area contributed by atoms with E-state index in [9.17, 15) is 4.79 Å². The van der Waals surface area contributed by atoms with Crippen LogP contribution in [-0.2, 0) is 4.79 Å². The maximum absolute atomic E-state index is 11.9. The maximum atomic E-state index is 11.9. The van der Waals surface area contributed by atoms with Crippen LogP contribution in [0.25, 0.3) is 6.08 Å². The van der Waals surface area contributed by atoms with Crippen molar-refractivity contribution in [3.8, 4) is 11.5 Å². The summed E-state index contributed by atoms with van der Waals surface area (Å²) in [6.45, 7) is 3.07. The van der Waals surface area contributed by atoms with Gasteiger partial charge < -0.3 is 14.8 Å². The van der Waals surface area contributed by atoms with Crippen LogP contribution in [0.15, 0.2) is 53.4 Å². The first-order valence-electron chi connectivity index (χ1n) is 8.36. The molecule has 140 valence electrons. The monoisotopic (exact) mass is 419 g/mol. The van der Waals surface area contributed by atoms with Crippen molar-refractivity contribution in [2.45, 2.75) is 6.92 Å². The molecule has 3 rings (SSSR count). The second-order valence-corrected chi connectivity index (χ2v) is 8.23. The first kappa shape index (κ1) is 19.7. The molecule has 1 N–H and O–H groups in total. The number of halogens is 1. The highest BCUT2D eigenvalue weighted by Crippen LogP contribution is 2.31. The van der Waals surface area contributed by atoms with Crippen molar-refractivity contribution < 1.29 is 14.3 Å². The van der Waals surface area contributed by atoms with Gasteiger partial charge in [0.05, 0.1) is 18.1 Å². The van der Waals surface area contributed by atoms with Crippen LogP contribution in [0.2, 0.25) is 5.02 Å². The van der Waals surface area contributed by atoms with Gasteiger partial charge in [0.1, 0.15) is 15.8 Å². The van der Waals surface area contributed by atoms with Crippen molar-refractivity contribution in [1.82, 2.24) is 5.32 Å². The molecule has 1 heterocycles. The number of nitrogens with one attached hydrogen (secondary N) is 1. The number of ether oxygens (including phenoxy) is 2. The molecular formula is C20H18ClNO3S2. The molecule has 0 radical (unpaired) electrons. The lowest BCUT2D eigenvalue weighted by atomic mass is 10.1. The molecule has 1 saturated heterocycles. The van der Waals surface area contributed by atoms with Gasteiger partial charge >= 0.3 is 0 Å². The highest BCUT2D eigenvalue weighted by molar-refractivity contribution is 8.26. The third-order valence-electron chi connectivity index (χ3n) is 3.70. The quantitative estimate of drug-likeness (QED) is 0.509.